The molecule has 35 heavy (non-hydrogen) atoms. The zero-order valence-corrected chi connectivity index (χ0v) is 20.3. The summed E-state index contributed by atoms with van der Waals surface area (Å²) >= 11 is 0. The quantitative estimate of drug-likeness (QED) is 0.267. The molecule has 1 N–H and O–H groups in total. The van der Waals surface area contributed by atoms with E-state index in [1.54, 1.807) is 0 Å². The lowest BCUT2D eigenvalue weighted by Gasteiger charge is -2.14. The molecule has 0 saturated heterocycles. The molecule has 182 valence electrons. The summed E-state index contributed by atoms with van der Waals surface area (Å²) in [4.78, 5) is 17.2. The van der Waals surface area contributed by atoms with E-state index < -0.39 is 0 Å². The number of nitrogens with one attached hydrogen (secondary N) is 1. The van der Waals surface area contributed by atoms with Crippen LogP contribution in [0.3, 0.4) is 0 Å². The van der Waals surface area contributed by atoms with E-state index in [1.807, 2.05) is 30.3 Å². The van der Waals surface area contributed by atoms with Crippen molar-refractivity contribution in [1.29, 1.82) is 0 Å². The van der Waals surface area contributed by atoms with E-state index in [1.165, 1.54) is 29.8 Å². The van der Waals surface area contributed by atoms with E-state index in [9.17, 15) is 9.18 Å². The van der Waals surface area contributed by atoms with Gasteiger partial charge >= 0.3 is 0 Å². The van der Waals surface area contributed by atoms with Crippen LogP contribution in [-0.2, 0) is 13.0 Å². The molecule has 0 unspecified atom stereocenters. The fourth-order valence-electron chi connectivity index (χ4n) is 4.20. The van der Waals surface area contributed by atoms with E-state index in [4.69, 9.17) is 9.72 Å². The van der Waals surface area contributed by atoms with E-state index in [2.05, 4.69) is 41.9 Å². The molecule has 0 aliphatic carbocycles. The molecular formula is C29H32FN3O2. The molecule has 0 spiro atoms. The van der Waals surface area contributed by atoms with Gasteiger partial charge in [-0.2, -0.15) is 0 Å². The Balaban J connectivity index is 1.33. The summed E-state index contributed by atoms with van der Waals surface area (Å²) in [5.74, 6) is 1.76. The Bertz CT molecular complexity index is 1260. The van der Waals surface area contributed by atoms with Gasteiger partial charge in [0.2, 0.25) is 0 Å². The molecule has 0 aliphatic heterocycles. The number of para-hydroxylation sites is 3. The van der Waals surface area contributed by atoms with Gasteiger partial charge in [0.05, 0.1) is 17.6 Å². The number of nitrogens with zero attached hydrogens (tertiary/aromatic N) is 2. The van der Waals surface area contributed by atoms with Crippen LogP contribution in [0.25, 0.3) is 11.0 Å². The number of ether oxygens (including phenoxy) is 1. The number of hydrogen-bond acceptors (Lipinski definition) is 3. The van der Waals surface area contributed by atoms with Gasteiger partial charge in [0.1, 0.15) is 17.4 Å². The van der Waals surface area contributed by atoms with Gasteiger partial charge in [-0.3, -0.25) is 4.79 Å². The molecule has 1 aromatic heterocycles. The van der Waals surface area contributed by atoms with Gasteiger partial charge < -0.3 is 14.6 Å². The molecule has 4 aromatic rings. The highest BCUT2D eigenvalue weighted by Crippen LogP contribution is 2.26. The van der Waals surface area contributed by atoms with Crippen LogP contribution >= 0.6 is 0 Å². The van der Waals surface area contributed by atoms with Crippen molar-refractivity contribution in [2.45, 2.75) is 45.6 Å². The van der Waals surface area contributed by atoms with Crippen molar-refractivity contribution < 1.29 is 13.9 Å². The van der Waals surface area contributed by atoms with Crippen molar-refractivity contribution >= 4 is 16.9 Å². The first-order chi connectivity index (χ1) is 17.0. The van der Waals surface area contributed by atoms with Crippen LogP contribution in [0.1, 0.15) is 54.4 Å². The number of imidazole rings is 1. The maximum atomic E-state index is 13.1. The van der Waals surface area contributed by atoms with Crippen molar-refractivity contribution in [3.63, 3.8) is 0 Å². The molecular weight excluding hydrogens is 441 g/mol. The monoisotopic (exact) mass is 473 g/mol. The third-order valence-electron chi connectivity index (χ3n) is 6.05. The fourth-order valence-corrected chi connectivity index (χ4v) is 4.20. The number of carbonyl (C=O) groups excluding carboxylic acids is 1. The number of amides is 1. The predicted octanol–water partition coefficient (Wildman–Crippen LogP) is 6.13. The molecule has 6 heteroatoms. The molecule has 4 rings (SSSR count). The minimum absolute atomic E-state index is 0.216. The second-order valence-corrected chi connectivity index (χ2v) is 8.93. The first kappa shape index (κ1) is 24.5. The van der Waals surface area contributed by atoms with Crippen molar-refractivity contribution in [2.75, 3.05) is 13.2 Å². The summed E-state index contributed by atoms with van der Waals surface area (Å²) in [6, 6.07) is 21.9. The summed E-state index contributed by atoms with van der Waals surface area (Å²) < 4.78 is 21.4. The van der Waals surface area contributed by atoms with Crippen LogP contribution in [-0.4, -0.2) is 28.6 Å². The van der Waals surface area contributed by atoms with Gasteiger partial charge in [0.25, 0.3) is 5.91 Å². The maximum absolute atomic E-state index is 13.1. The first-order valence-corrected chi connectivity index (χ1v) is 12.2. The van der Waals surface area contributed by atoms with Crippen LogP contribution in [0, 0.1) is 5.82 Å². The Labute approximate surface area is 206 Å². The molecule has 0 saturated carbocycles. The molecule has 5 nitrogen and oxygen atoms in total. The normalized spacial score (nSPS) is 11.2. The Morgan fingerprint density at radius 2 is 1.74 bits per heavy atom. The number of aromatic nitrogens is 2. The Morgan fingerprint density at radius 1 is 1.00 bits per heavy atom. The summed E-state index contributed by atoms with van der Waals surface area (Å²) in [7, 11) is 0. The largest absolute Gasteiger partial charge is 0.493 e. The molecule has 0 fully saturated rings. The Kier molecular flexibility index (Phi) is 8.14. The van der Waals surface area contributed by atoms with Gasteiger partial charge in [-0.15, -0.1) is 0 Å². The second kappa shape index (κ2) is 11.6. The smallest absolute Gasteiger partial charge is 0.251 e. The van der Waals surface area contributed by atoms with Gasteiger partial charge in [-0.1, -0.05) is 44.2 Å². The zero-order valence-electron chi connectivity index (χ0n) is 20.3. The molecule has 0 atom stereocenters. The topological polar surface area (TPSA) is 56.1 Å². The molecule has 0 radical (unpaired) electrons. The van der Waals surface area contributed by atoms with Crippen molar-refractivity contribution in [2.24, 2.45) is 0 Å². The zero-order chi connectivity index (χ0) is 24.6. The number of aryl methyl sites for hydroxylation is 1. The number of fused-ring (bicyclic) bond motifs is 1. The third-order valence-corrected chi connectivity index (χ3v) is 6.05. The molecule has 1 heterocycles. The van der Waals surface area contributed by atoms with Crippen LogP contribution in [0.4, 0.5) is 4.39 Å². The van der Waals surface area contributed by atoms with E-state index in [0.717, 1.165) is 42.0 Å². The van der Waals surface area contributed by atoms with Gasteiger partial charge in [-0.05, 0) is 66.8 Å². The van der Waals surface area contributed by atoms with E-state index in [0.29, 0.717) is 31.1 Å². The standard InChI is InChI=1S/C29H32FN3O2/c1-21(2)24-9-3-6-12-27(24)35-20-8-7-19-33-26-11-5-4-10-25(26)32-28(33)17-18-31-29(34)22-13-15-23(30)16-14-22/h3-6,9-16,21H,7-8,17-20H2,1-2H3,(H,31,34). The van der Waals surface area contributed by atoms with Crippen molar-refractivity contribution in [3.8, 4) is 5.75 Å². The lowest BCUT2D eigenvalue weighted by atomic mass is 10.0. The van der Waals surface area contributed by atoms with Gasteiger partial charge in [-0.25, -0.2) is 9.37 Å². The number of unbranched alkanes of at least 4 members (excludes halogenated alkanes) is 1. The van der Waals surface area contributed by atoms with Crippen LogP contribution in [0.5, 0.6) is 5.75 Å². The van der Waals surface area contributed by atoms with Gasteiger partial charge in [0.15, 0.2) is 0 Å². The van der Waals surface area contributed by atoms with Crippen LogP contribution in [0.15, 0.2) is 72.8 Å². The maximum Gasteiger partial charge on any atom is 0.251 e. The highest BCUT2D eigenvalue weighted by atomic mass is 19.1. The lowest BCUT2D eigenvalue weighted by Crippen LogP contribution is -2.26. The molecule has 0 aliphatic rings. The highest BCUT2D eigenvalue weighted by Gasteiger charge is 2.12. The average Bonchev–Trinajstić information content (AvgIpc) is 3.21. The minimum Gasteiger partial charge on any atom is -0.493 e. The average molecular weight is 474 g/mol. The third kappa shape index (κ3) is 6.27. The lowest BCUT2D eigenvalue weighted by molar-refractivity contribution is 0.0954. The number of benzene rings is 3. The van der Waals surface area contributed by atoms with E-state index >= 15 is 0 Å². The van der Waals surface area contributed by atoms with Crippen molar-refractivity contribution in [1.82, 2.24) is 14.9 Å². The fraction of sp³-hybridized carbons (Fsp3) is 0.310. The first-order valence-electron chi connectivity index (χ1n) is 12.2. The second-order valence-electron chi connectivity index (χ2n) is 8.93. The number of carbonyl (C=O) groups is 1. The summed E-state index contributed by atoms with van der Waals surface area (Å²) in [6.07, 6.45) is 2.50. The molecule has 1 amide bonds. The number of halogens is 1. The minimum atomic E-state index is -0.357. The van der Waals surface area contributed by atoms with Crippen molar-refractivity contribution in [3.05, 3.63) is 95.6 Å². The Morgan fingerprint density at radius 3 is 2.54 bits per heavy atom. The van der Waals surface area contributed by atoms with Crippen LogP contribution < -0.4 is 10.1 Å². The number of hydrogen-bond donors (Lipinski definition) is 1. The Hall–Kier alpha value is -3.67. The molecule has 0 bridgehead atoms. The predicted molar refractivity (Wildman–Crippen MR) is 137 cm³/mol. The van der Waals surface area contributed by atoms with Gasteiger partial charge in [0, 0.05) is 25.1 Å². The molecule has 3 aromatic carbocycles. The summed E-state index contributed by atoms with van der Waals surface area (Å²) in [5, 5.41) is 2.91. The SMILES string of the molecule is CC(C)c1ccccc1OCCCCn1c(CCNC(=O)c2ccc(F)cc2)nc2ccccc21. The highest BCUT2D eigenvalue weighted by molar-refractivity contribution is 5.94. The van der Waals surface area contributed by atoms with Crippen LogP contribution in [0.2, 0.25) is 0 Å². The van der Waals surface area contributed by atoms with E-state index in [-0.39, 0.29) is 11.7 Å². The summed E-state index contributed by atoms with van der Waals surface area (Å²) in [6.45, 7) is 6.30. The number of rotatable bonds is 11. The summed E-state index contributed by atoms with van der Waals surface area (Å²) in [5.41, 5.74) is 3.73.